The fourth-order valence-corrected chi connectivity index (χ4v) is 2.56. The maximum Gasteiger partial charge on any atom is 0.191 e. The molecule has 0 aromatic rings. The molecule has 1 rings (SSSR count). The van der Waals surface area contributed by atoms with Crippen LogP contribution in [0.5, 0.6) is 0 Å². The van der Waals surface area contributed by atoms with Crippen molar-refractivity contribution in [1.82, 2.24) is 10.6 Å². The number of guanidine groups is 1. The van der Waals surface area contributed by atoms with Crippen LogP contribution in [0.25, 0.3) is 0 Å². The minimum Gasteiger partial charge on any atom is -0.357 e. The number of aliphatic imine (C=N–C) groups is 1. The topological polar surface area (TPSA) is 70.6 Å². The third-order valence-corrected chi connectivity index (χ3v) is 4.13. The van der Waals surface area contributed by atoms with E-state index < -0.39 is 9.84 Å². The highest BCUT2D eigenvalue weighted by molar-refractivity contribution is 7.90. The van der Waals surface area contributed by atoms with Gasteiger partial charge in [0.15, 0.2) is 5.96 Å². The monoisotopic (exact) mass is 289 g/mol. The standard InChI is InChI=1S/C13H27N3O2S/c1-4-14-13(15-9-7-12-5-6-12)16-11(2)8-10-19(3,17)18/h11-12H,4-10H2,1-3H3,(H2,14,15,16). The van der Waals surface area contributed by atoms with Gasteiger partial charge in [-0.05, 0) is 32.6 Å². The average molecular weight is 289 g/mol. The maximum absolute atomic E-state index is 11.1. The molecule has 0 heterocycles. The fourth-order valence-electron chi connectivity index (χ4n) is 1.78. The Kier molecular flexibility index (Phi) is 6.62. The van der Waals surface area contributed by atoms with E-state index >= 15 is 0 Å². The molecular formula is C13H27N3O2S. The second-order valence-electron chi connectivity index (χ2n) is 5.46. The maximum atomic E-state index is 11.1. The van der Waals surface area contributed by atoms with Gasteiger partial charge < -0.3 is 10.6 Å². The number of hydrogen-bond acceptors (Lipinski definition) is 3. The minimum atomic E-state index is -2.89. The van der Waals surface area contributed by atoms with Gasteiger partial charge in [0, 0.05) is 25.4 Å². The Bertz CT molecular complexity index is 389. The molecule has 2 N–H and O–H groups in total. The predicted molar refractivity (Wildman–Crippen MR) is 80.2 cm³/mol. The molecule has 6 heteroatoms. The summed E-state index contributed by atoms with van der Waals surface area (Å²) in [5.41, 5.74) is 0. The van der Waals surface area contributed by atoms with Crippen molar-refractivity contribution in [3.8, 4) is 0 Å². The van der Waals surface area contributed by atoms with Gasteiger partial charge in [0.1, 0.15) is 9.84 Å². The molecule has 0 spiro atoms. The van der Waals surface area contributed by atoms with Crippen LogP contribution in [-0.4, -0.2) is 45.5 Å². The molecule has 1 aliphatic carbocycles. The van der Waals surface area contributed by atoms with Gasteiger partial charge in [-0.2, -0.15) is 0 Å². The van der Waals surface area contributed by atoms with Crippen LogP contribution in [-0.2, 0) is 9.84 Å². The molecule has 0 amide bonds. The highest BCUT2D eigenvalue weighted by Gasteiger charge is 2.20. The largest absolute Gasteiger partial charge is 0.357 e. The summed E-state index contributed by atoms with van der Waals surface area (Å²) in [5.74, 6) is 1.89. The van der Waals surface area contributed by atoms with Crippen LogP contribution >= 0.6 is 0 Å². The second-order valence-corrected chi connectivity index (χ2v) is 7.72. The van der Waals surface area contributed by atoms with Gasteiger partial charge in [-0.15, -0.1) is 0 Å². The number of sulfone groups is 1. The van der Waals surface area contributed by atoms with Crippen LogP contribution in [0.1, 0.15) is 39.5 Å². The van der Waals surface area contributed by atoms with E-state index in [4.69, 9.17) is 0 Å². The zero-order chi connectivity index (χ0) is 14.3. The number of nitrogens with zero attached hydrogens (tertiary/aromatic N) is 1. The van der Waals surface area contributed by atoms with Gasteiger partial charge in [0.05, 0.1) is 5.75 Å². The molecule has 1 fully saturated rings. The molecule has 0 aromatic carbocycles. The fraction of sp³-hybridized carbons (Fsp3) is 0.923. The van der Waals surface area contributed by atoms with E-state index in [1.165, 1.54) is 19.1 Å². The van der Waals surface area contributed by atoms with Crippen LogP contribution in [0.4, 0.5) is 0 Å². The normalized spacial score (nSPS) is 18.2. The molecule has 0 saturated heterocycles. The van der Waals surface area contributed by atoms with Crippen molar-refractivity contribution in [2.75, 3.05) is 25.1 Å². The average Bonchev–Trinajstić information content (AvgIpc) is 3.10. The van der Waals surface area contributed by atoms with E-state index in [1.807, 2.05) is 13.8 Å². The van der Waals surface area contributed by atoms with Crippen LogP contribution in [0, 0.1) is 5.92 Å². The van der Waals surface area contributed by atoms with E-state index in [1.54, 1.807) is 0 Å². The number of nitrogens with one attached hydrogen (secondary N) is 2. The summed E-state index contributed by atoms with van der Waals surface area (Å²) in [4.78, 5) is 4.52. The molecule has 5 nitrogen and oxygen atoms in total. The van der Waals surface area contributed by atoms with Gasteiger partial charge in [0.2, 0.25) is 0 Å². The van der Waals surface area contributed by atoms with Crippen LogP contribution < -0.4 is 10.6 Å². The Morgan fingerprint density at radius 2 is 2.11 bits per heavy atom. The van der Waals surface area contributed by atoms with E-state index in [2.05, 4.69) is 15.6 Å². The van der Waals surface area contributed by atoms with Crippen molar-refractivity contribution in [3.63, 3.8) is 0 Å². The molecule has 0 aromatic heterocycles. The molecule has 1 saturated carbocycles. The molecule has 112 valence electrons. The highest BCUT2D eigenvalue weighted by atomic mass is 32.2. The first-order valence-corrected chi connectivity index (χ1v) is 9.19. The predicted octanol–water partition coefficient (Wildman–Crippen LogP) is 1.16. The van der Waals surface area contributed by atoms with Crippen molar-refractivity contribution in [3.05, 3.63) is 0 Å². The van der Waals surface area contributed by atoms with Gasteiger partial charge in [-0.25, -0.2) is 8.42 Å². The molecule has 1 aliphatic rings. The van der Waals surface area contributed by atoms with E-state index in [0.717, 1.165) is 31.4 Å². The SMILES string of the molecule is CCNC(=NCCC1CC1)NC(C)CCS(C)(=O)=O. The minimum absolute atomic E-state index is 0.105. The molecule has 19 heavy (non-hydrogen) atoms. The first kappa shape index (κ1) is 16.3. The number of rotatable bonds is 8. The lowest BCUT2D eigenvalue weighted by atomic mass is 10.2. The molecule has 1 atom stereocenters. The van der Waals surface area contributed by atoms with Gasteiger partial charge >= 0.3 is 0 Å². The van der Waals surface area contributed by atoms with Gasteiger partial charge in [0.25, 0.3) is 0 Å². The summed E-state index contributed by atoms with van der Waals surface area (Å²) in [6, 6.07) is 0.105. The number of hydrogen-bond donors (Lipinski definition) is 2. The lowest BCUT2D eigenvalue weighted by Gasteiger charge is -2.17. The van der Waals surface area contributed by atoms with E-state index in [9.17, 15) is 8.42 Å². The van der Waals surface area contributed by atoms with Crippen LogP contribution in [0.3, 0.4) is 0 Å². The molecule has 0 radical (unpaired) electrons. The highest BCUT2D eigenvalue weighted by Crippen LogP contribution is 2.32. The lowest BCUT2D eigenvalue weighted by Crippen LogP contribution is -2.42. The van der Waals surface area contributed by atoms with Crippen molar-refractivity contribution in [2.45, 2.75) is 45.6 Å². The van der Waals surface area contributed by atoms with Crippen molar-refractivity contribution < 1.29 is 8.42 Å². The summed E-state index contributed by atoms with van der Waals surface area (Å²) in [5, 5.41) is 6.45. The first-order valence-electron chi connectivity index (χ1n) is 7.13. The van der Waals surface area contributed by atoms with Crippen molar-refractivity contribution in [1.29, 1.82) is 0 Å². The molecule has 0 bridgehead atoms. The molecular weight excluding hydrogens is 262 g/mol. The zero-order valence-corrected chi connectivity index (χ0v) is 13.1. The Morgan fingerprint density at radius 1 is 1.42 bits per heavy atom. The summed E-state index contributed by atoms with van der Waals surface area (Å²) in [7, 11) is -2.89. The van der Waals surface area contributed by atoms with Crippen molar-refractivity contribution in [2.24, 2.45) is 10.9 Å². The zero-order valence-electron chi connectivity index (χ0n) is 12.3. The summed E-state index contributed by atoms with van der Waals surface area (Å²) >= 11 is 0. The molecule has 0 aliphatic heterocycles. The van der Waals surface area contributed by atoms with Crippen LogP contribution in [0.15, 0.2) is 4.99 Å². The smallest absolute Gasteiger partial charge is 0.191 e. The Hall–Kier alpha value is -0.780. The lowest BCUT2D eigenvalue weighted by molar-refractivity contribution is 0.581. The van der Waals surface area contributed by atoms with E-state index in [-0.39, 0.29) is 11.8 Å². The third-order valence-electron chi connectivity index (χ3n) is 3.15. The van der Waals surface area contributed by atoms with Crippen LogP contribution in [0.2, 0.25) is 0 Å². The van der Waals surface area contributed by atoms with Gasteiger partial charge in [-0.1, -0.05) is 12.8 Å². The summed E-state index contributed by atoms with van der Waals surface area (Å²) in [6.07, 6.45) is 5.74. The summed E-state index contributed by atoms with van der Waals surface area (Å²) < 4.78 is 22.3. The Balaban J connectivity index is 2.33. The molecule has 1 unspecified atom stereocenters. The Morgan fingerprint density at radius 3 is 2.63 bits per heavy atom. The van der Waals surface area contributed by atoms with E-state index in [0.29, 0.717) is 6.42 Å². The van der Waals surface area contributed by atoms with Crippen molar-refractivity contribution >= 4 is 15.8 Å². The second kappa shape index (κ2) is 7.72. The Labute approximate surface area is 117 Å². The third kappa shape index (κ3) is 8.86. The quantitative estimate of drug-likeness (QED) is 0.520. The summed E-state index contributed by atoms with van der Waals surface area (Å²) in [6.45, 7) is 5.67. The van der Waals surface area contributed by atoms with Gasteiger partial charge in [-0.3, -0.25) is 4.99 Å². The first-order chi connectivity index (χ1) is 8.90.